The second-order valence-corrected chi connectivity index (χ2v) is 8.50. The summed E-state index contributed by atoms with van der Waals surface area (Å²) in [7, 11) is -3.81. The first kappa shape index (κ1) is 18.2. The first-order valence-corrected chi connectivity index (χ1v) is 10.1. The van der Waals surface area contributed by atoms with E-state index in [4.69, 9.17) is 9.94 Å². The van der Waals surface area contributed by atoms with Crippen LogP contribution in [0.2, 0.25) is 0 Å². The Balaban J connectivity index is 1.82. The summed E-state index contributed by atoms with van der Waals surface area (Å²) in [5.41, 5.74) is 1.62. The molecule has 1 aromatic carbocycles. The number of fused-ring (bicyclic) bond motifs is 2. The summed E-state index contributed by atoms with van der Waals surface area (Å²) in [6, 6.07) is 5.27. The van der Waals surface area contributed by atoms with E-state index >= 15 is 0 Å². The number of nitrogens with zero attached hydrogens (tertiary/aromatic N) is 1. The topological polar surface area (TPSA) is 95.9 Å². The Morgan fingerprint density at radius 1 is 1.32 bits per heavy atom. The molecule has 8 heteroatoms. The van der Waals surface area contributed by atoms with Crippen molar-refractivity contribution < 1.29 is 23.2 Å². The van der Waals surface area contributed by atoms with Gasteiger partial charge in [-0.15, -0.1) is 0 Å². The minimum Gasteiger partial charge on any atom is -0.494 e. The summed E-state index contributed by atoms with van der Waals surface area (Å²) in [4.78, 5) is 12.1. The molecule has 1 heterocycles. The van der Waals surface area contributed by atoms with Crippen molar-refractivity contribution in [2.45, 2.75) is 56.0 Å². The predicted octanol–water partition coefficient (Wildman–Crippen LogP) is 1.91. The third kappa shape index (κ3) is 3.38. The van der Waals surface area contributed by atoms with Crippen molar-refractivity contribution in [2.75, 3.05) is 6.61 Å². The van der Waals surface area contributed by atoms with Gasteiger partial charge in [0.1, 0.15) is 11.8 Å². The summed E-state index contributed by atoms with van der Waals surface area (Å²) in [5.74, 6) is -0.0705. The molecular weight excluding hydrogens is 344 g/mol. The second-order valence-electron chi connectivity index (χ2n) is 6.66. The normalized spacial score (nSPS) is 25.9. The minimum atomic E-state index is -3.81. The maximum absolute atomic E-state index is 13.1. The summed E-state index contributed by atoms with van der Waals surface area (Å²) < 4.78 is 32.9. The molecule has 1 amide bonds. The fourth-order valence-corrected chi connectivity index (χ4v) is 5.72. The summed E-state index contributed by atoms with van der Waals surface area (Å²) in [5, 5.41) is 8.98. The Morgan fingerprint density at radius 2 is 2.04 bits per heavy atom. The molecule has 25 heavy (non-hydrogen) atoms. The Kier molecular flexibility index (Phi) is 5.31. The zero-order chi connectivity index (χ0) is 18.0. The molecule has 1 saturated carbocycles. The number of amides is 1. The van der Waals surface area contributed by atoms with Gasteiger partial charge in [0, 0.05) is 6.04 Å². The van der Waals surface area contributed by atoms with E-state index in [2.05, 4.69) is 6.92 Å². The number of benzene rings is 1. The number of hydrogen-bond donors (Lipinski definition) is 2. The lowest BCUT2D eigenvalue weighted by Crippen LogP contribution is -2.52. The molecule has 2 aliphatic rings. The SMILES string of the molecule is CCCCOc1ccc(S(=O)(=O)N2[C@@H]3CCC(C3)[C@@H]2C(=O)NO)cc1. The van der Waals surface area contributed by atoms with Crippen molar-refractivity contribution in [3.05, 3.63) is 24.3 Å². The van der Waals surface area contributed by atoms with E-state index in [0.717, 1.165) is 25.7 Å². The third-order valence-corrected chi connectivity index (χ3v) is 7.02. The van der Waals surface area contributed by atoms with Crippen LogP contribution in [-0.4, -0.2) is 42.5 Å². The first-order chi connectivity index (χ1) is 12.0. The highest BCUT2D eigenvalue weighted by Crippen LogP contribution is 2.45. The number of carbonyl (C=O) groups is 1. The molecular formula is C17H24N2O5S. The van der Waals surface area contributed by atoms with Gasteiger partial charge in [-0.1, -0.05) is 13.3 Å². The predicted molar refractivity (Wildman–Crippen MR) is 90.7 cm³/mol. The molecule has 1 aliphatic heterocycles. The first-order valence-electron chi connectivity index (χ1n) is 8.69. The molecule has 0 spiro atoms. The standard InChI is InChI=1S/C17H24N2O5S/c1-2-3-10-24-14-6-8-15(9-7-14)25(22,23)19-13-5-4-12(11-13)16(19)17(20)18-21/h6-9,12-13,16,21H,2-5,10-11H2,1H3,(H,18,20)/t12?,13-,16-/m1/s1. The summed E-state index contributed by atoms with van der Waals surface area (Å²) in [6.45, 7) is 2.67. The number of piperidine rings is 1. The lowest BCUT2D eigenvalue weighted by Gasteiger charge is -2.32. The Labute approximate surface area is 148 Å². The van der Waals surface area contributed by atoms with Crippen LogP contribution in [0.3, 0.4) is 0 Å². The number of sulfonamides is 1. The fraction of sp³-hybridized carbons (Fsp3) is 0.588. The van der Waals surface area contributed by atoms with E-state index in [-0.39, 0.29) is 16.9 Å². The fourth-order valence-electron chi connectivity index (χ4n) is 3.85. The highest BCUT2D eigenvalue weighted by atomic mass is 32.2. The number of ether oxygens (including phenoxy) is 1. The zero-order valence-corrected chi connectivity index (χ0v) is 15.0. The van der Waals surface area contributed by atoms with Gasteiger partial charge in [-0.2, -0.15) is 4.31 Å². The van der Waals surface area contributed by atoms with Gasteiger partial charge >= 0.3 is 0 Å². The van der Waals surface area contributed by atoms with E-state index in [1.807, 2.05) is 0 Å². The Morgan fingerprint density at radius 3 is 2.68 bits per heavy atom. The average Bonchev–Trinajstić information content (AvgIpc) is 3.23. The van der Waals surface area contributed by atoms with E-state index in [1.165, 1.54) is 16.4 Å². The summed E-state index contributed by atoms with van der Waals surface area (Å²) >= 11 is 0. The lowest BCUT2D eigenvalue weighted by atomic mass is 10.00. The molecule has 1 unspecified atom stereocenters. The average molecular weight is 368 g/mol. The van der Waals surface area contributed by atoms with Crippen LogP contribution in [0.25, 0.3) is 0 Å². The highest BCUT2D eigenvalue weighted by Gasteiger charge is 2.54. The molecule has 3 rings (SSSR count). The van der Waals surface area contributed by atoms with Gasteiger partial charge in [-0.3, -0.25) is 10.0 Å². The Hall–Kier alpha value is -1.64. The van der Waals surface area contributed by atoms with Gasteiger partial charge in [0.2, 0.25) is 10.0 Å². The van der Waals surface area contributed by atoms with Crippen LogP contribution < -0.4 is 10.2 Å². The highest BCUT2D eigenvalue weighted by molar-refractivity contribution is 7.89. The molecule has 2 bridgehead atoms. The molecule has 0 aromatic heterocycles. The number of hydroxylamine groups is 1. The molecule has 1 aromatic rings. The number of unbranched alkanes of at least 4 members (excludes halogenated alkanes) is 1. The van der Waals surface area contributed by atoms with Gasteiger partial charge in [0.25, 0.3) is 5.91 Å². The van der Waals surface area contributed by atoms with Crippen molar-refractivity contribution in [2.24, 2.45) is 5.92 Å². The number of carbonyl (C=O) groups excluding carboxylic acids is 1. The van der Waals surface area contributed by atoms with Crippen molar-refractivity contribution in [1.29, 1.82) is 0 Å². The minimum absolute atomic E-state index is 0.0384. The van der Waals surface area contributed by atoms with Gasteiger partial charge < -0.3 is 4.74 Å². The Bertz CT molecular complexity index is 719. The van der Waals surface area contributed by atoms with Crippen LogP contribution in [0.15, 0.2) is 29.2 Å². The molecule has 1 saturated heterocycles. The van der Waals surface area contributed by atoms with Gasteiger partial charge in [0.15, 0.2) is 0 Å². The monoisotopic (exact) mass is 368 g/mol. The quantitative estimate of drug-likeness (QED) is 0.435. The molecule has 2 fully saturated rings. The number of rotatable bonds is 7. The largest absolute Gasteiger partial charge is 0.494 e. The maximum Gasteiger partial charge on any atom is 0.262 e. The maximum atomic E-state index is 13.1. The number of hydrogen-bond acceptors (Lipinski definition) is 5. The third-order valence-electron chi connectivity index (χ3n) is 5.07. The van der Waals surface area contributed by atoms with Crippen LogP contribution in [0.1, 0.15) is 39.0 Å². The molecule has 2 N–H and O–H groups in total. The van der Waals surface area contributed by atoms with Gasteiger partial charge in [-0.05, 0) is 55.9 Å². The van der Waals surface area contributed by atoms with Crippen LogP contribution in [0.4, 0.5) is 0 Å². The van der Waals surface area contributed by atoms with Crippen molar-refractivity contribution in [1.82, 2.24) is 9.79 Å². The van der Waals surface area contributed by atoms with Crippen molar-refractivity contribution >= 4 is 15.9 Å². The van der Waals surface area contributed by atoms with Crippen molar-refractivity contribution in [3.8, 4) is 5.75 Å². The van der Waals surface area contributed by atoms with E-state index < -0.39 is 22.0 Å². The van der Waals surface area contributed by atoms with Crippen LogP contribution in [-0.2, 0) is 14.8 Å². The molecule has 7 nitrogen and oxygen atoms in total. The lowest BCUT2D eigenvalue weighted by molar-refractivity contribution is -0.134. The zero-order valence-electron chi connectivity index (χ0n) is 14.2. The molecule has 3 atom stereocenters. The molecule has 0 radical (unpaired) electrons. The van der Waals surface area contributed by atoms with Gasteiger partial charge in [0.05, 0.1) is 11.5 Å². The van der Waals surface area contributed by atoms with E-state index in [0.29, 0.717) is 18.8 Å². The van der Waals surface area contributed by atoms with Crippen LogP contribution in [0.5, 0.6) is 5.75 Å². The smallest absolute Gasteiger partial charge is 0.262 e. The molecule has 138 valence electrons. The van der Waals surface area contributed by atoms with Gasteiger partial charge in [-0.25, -0.2) is 13.9 Å². The van der Waals surface area contributed by atoms with Crippen LogP contribution in [0, 0.1) is 5.92 Å². The second kappa shape index (κ2) is 7.31. The van der Waals surface area contributed by atoms with E-state index in [1.54, 1.807) is 17.6 Å². The van der Waals surface area contributed by atoms with E-state index in [9.17, 15) is 13.2 Å². The number of nitrogens with one attached hydrogen (secondary N) is 1. The molecule has 1 aliphatic carbocycles. The van der Waals surface area contributed by atoms with Crippen LogP contribution >= 0.6 is 0 Å². The van der Waals surface area contributed by atoms with Crippen molar-refractivity contribution in [3.63, 3.8) is 0 Å². The summed E-state index contributed by atoms with van der Waals surface area (Å²) in [6.07, 6.45) is 4.18.